The zero-order valence-corrected chi connectivity index (χ0v) is 11.9. The summed E-state index contributed by atoms with van der Waals surface area (Å²) in [4.78, 5) is 25.7. The Labute approximate surface area is 118 Å². The molecular formula is C15H20N2O3. The largest absolute Gasteiger partial charge is 0.497 e. The summed E-state index contributed by atoms with van der Waals surface area (Å²) in [5.41, 5.74) is 0.628. The minimum absolute atomic E-state index is 0.000688. The fourth-order valence-electron chi connectivity index (χ4n) is 2.49. The summed E-state index contributed by atoms with van der Waals surface area (Å²) in [7, 11) is 3.23. The van der Waals surface area contributed by atoms with Gasteiger partial charge in [0.05, 0.1) is 7.11 Å². The Bertz CT molecular complexity index is 494. The normalized spacial score (nSPS) is 15.8. The van der Waals surface area contributed by atoms with Crippen molar-refractivity contribution >= 4 is 11.8 Å². The average molecular weight is 276 g/mol. The van der Waals surface area contributed by atoms with Gasteiger partial charge in [-0.25, -0.2) is 0 Å². The van der Waals surface area contributed by atoms with Gasteiger partial charge in [0.1, 0.15) is 5.75 Å². The summed E-state index contributed by atoms with van der Waals surface area (Å²) >= 11 is 0. The number of carbonyl (C=O) groups excluding carboxylic acids is 2. The molecule has 0 saturated carbocycles. The molecule has 1 fully saturated rings. The van der Waals surface area contributed by atoms with Crippen molar-refractivity contribution < 1.29 is 14.3 Å². The second kappa shape index (κ2) is 6.41. The Morgan fingerprint density at radius 3 is 2.60 bits per heavy atom. The maximum Gasteiger partial charge on any atom is 0.253 e. The molecule has 20 heavy (non-hydrogen) atoms. The molecule has 0 aromatic heterocycles. The molecule has 1 aromatic rings. The van der Waals surface area contributed by atoms with Crippen LogP contribution in [0.4, 0.5) is 0 Å². The van der Waals surface area contributed by atoms with E-state index in [4.69, 9.17) is 4.74 Å². The first-order valence-electron chi connectivity index (χ1n) is 6.80. The molecule has 2 rings (SSSR count). The van der Waals surface area contributed by atoms with E-state index in [0.717, 1.165) is 12.8 Å². The molecule has 1 aliphatic heterocycles. The highest BCUT2D eigenvalue weighted by atomic mass is 16.5. The SMILES string of the molecule is CNC(=O)C1CCN(C(=O)c2cccc(OC)c2)CC1. The van der Waals surface area contributed by atoms with Crippen LogP contribution in [0.25, 0.3) is 0 Å². The number of likely N-dealkylation sites (tertiary alicyclic amines) is 1. The predicted octanol–water partition coefficient (Wildman–Crippen LogP) is 1.29. The zero-order valence-electron chi connectivity index (χ0n) is 11.9. The topological polar surface area (TPSA) is 58.6 Å². The van der Waals surface area contributed by atoms with Crippen molar-refractivity contribution in [3.05, 3.63) is 29.8 Å². The third-order valence-corrected chi connectivity index (χ3v) is 3.72. The van der Waals surface area contributed by atoms with Crippen LogP contribution in [-0.4, -0.2) is 44.0 Å². The molecule has 5 heteroatoms. The van der Waals surface area contributed by atoms with E-state index in [-0.39, 0.29) is 17.7 Å². The van der Waals surface area contributed by atoms with Crippen molar-refractivity contribution in [3.8, 4) is 5.75 Å². The fourth-order valence-corrected chi connectivity index (χ4v) is 2.49. The molecule has 5 nitrogen and oxygen atoms in total. The van der Waals surface area contributed by atoms with Gasteiger partial charge in [0, 0.05) is 31.6 Å². The third kappa shape index (κ3) is 3.10. The standard InChI is InChI=1S/C15H20N2O3/c1-16-14(18)11-6-8-17(9-7-11)15(19)12-4-3-5-13(10-12)20-2/h3-5,10-11H,6-9H2,1-2H3,(H,16,18). The lowest BCUT2D eigenvalue weighted by Crippen LogP contribution is -2.42. The molecule has 0 spiro atoms. The Hall–Kier alpha value is -2.04. The number of piperidine rings is 1. The number of carbonyl (C=O) groups is 2. The van der Waals surface area contributed by atoms with Crippen LogP contribution in [-0.2, 0) is 4.79 Å². The van der Waals surface area contributed by atoms with Crippen molar-refractivity contribution in [2.45, 2.75) is 12.8 Å². The molecule has 108 valence electrons. The van der Waals surface area contributed by atoms with Crippen molar-refractivity contribution in [2.24, 2.45) is 5.92 Å². The fraction of sp³-hybridized carbons (Fsp3) is 0.467. The molecule has 1 N–H and O–H groups in total. The van der Waals surface area contributed by atoms with Gasteiger partial charge in [-0.3, -0.25) is 9.59 Å². The lowest BCUT2D eigenvalue weighted by atomic mass is 9.95. The summed E-state index contributed by atoms with van der Waals surface area (Å²) < 4.78 is 5.13. The van der Waals surface area contributed by atoms with Crippen LogP contribution in [0, 0.1) is 5.92 Å². The van der Waals surface area contributed by atoms with E-state index in [1.165, 1.54) is 0 Å². The van der Waals surface area contributed by atoms with Gasteiger partial charge in [-0.15, -0.1) is 0 Å². The van der Waals surface area contributed by atoms with Crippen molar-refractivity contribution in [1.82, 2.24) is 10.2 Å². The highest BCUT2D eigenvalue weighted by Gasteiger charge is 2.27. The molecule has 0 radical (unpaired) electrons. The number of amides is 2. The number of benzene rings is 1. The summed E-state index contributed by atoms with van der Waals surface area (Å²) in [6.07, 6.45) is 1.44. The van der Waals surface area contributed by atoms with E-state index in [1.54, 1.807) is 31.2 Å². The van der Waals surface area contributed by atoms with E-state index in [2.05, 4.69) is 5.32 Å². The number of hydrogen-bond donors (Lipinski definition) is 1. The van der Waals surface area contributed by atoms with Gasteiger partial charge in [-0.05, 0) is 31.0 Å². The minimum atomic E-state index is -0.000688. The van der Waals surface area contributed by atoms with Gasteiger partial charge in [-0.2, -0.15) is 0 Å². The van der Waals surface area contributed by atoms with Crippen LogP contribution in [0.1, 0.15) is 23.2 Å². The summed E-state index contributed by atoms with van der Waals surface area (Å²) in [5.74, 6) is 0.767. The quantitative estimate of drug-likeness (QED) is 0.905. The Morgan fingerprint density at radius 1 is 1.30 bits per heavy atom. The van der Waals surface area contributed by atoms with Crippen LogP contribution < -0.4 is 10.1 Å². The summed E-state index contributed by atoms with van der Waals surface area (Å²) in [5, 5.41) is 2.67. The molecular weight excluding hydrogens is 256 g/mol. The predicted molar refractivity (Wildman–Crippen MR) is 75.7 cm³/mol. The number of hydrogen-bond acceptors (Lipinski definition) is 3. The molecule has 0 bridgehead atoms. The molecule has 1 saturated heterocycles. The van der Waals surface area contributed by atoms with E-state index in [9.17, 15) is 9.59 Å². The van der Waals surface area contributed by atoms with Gasteiger partial charge in [0.15, 0.2) is 0 Å². The highest BCUT2D eigenvalue weighted by molar-refractivity contribution is 5.94. The highest BCUT2D eigenvalue weighted by Crippen LogP contribution is 2.20. The molecule has 0 atom stereocenters. The van der Waals surface area contributed by atoms with E-state index in [1.807, 2.05) is 12.1 Å². The second-order valence-electron chi connectivity index (χ2n) is 4.91. The first kappa shape index (κ1) is 14.4. The van der Waals surface area contributed by atoms with Crippen LogP contribution in [0.5, 0.6) is 5.75 Å². The summed E-state index contributed by atoms with van der Waals surface area (Å²) in [6.45, 7) is 1.24. The zero-order chi connectivity index (χ0) is 14.5. The number of nitrogens with zero attached hydrogens (tertiary/aromatic N) is 1. The monoisotopic (exact) mass is 276 g/mol. The van der Waals surface area contributed by atoms with Crippen LogP contribution in [0.2, 0.25) is 0 Å². The molecule has 1 aromatic carbocycles. The van der Waals surface area contributed by atoms with Gasteiger partial charge in [-0.1, -0.05) is 6.07 Å². The smallest absolute Gasteiger partial charge is 0.253 e. The van der Waals surface area contributed by atoms with Crippen LogP contribution in [0.15, 0.2) is 24.3 Å². The maximum atomic E-state index is 12.4. The average Bonchev–Trinajstić information content (AvgIpc) is 2.53. The molecule has 1 aliphatic rings. The van der Waals surface area contributed by atoms with Crippen molar-refractivity contribution in [2.75, 3.05) is 27.2 Å². The molecule has 2 amide bonds. The van der Waals surface area contributed by atoms with Crippen molar-refractivity contribution in [1.29, 1.82) is 0 Å². The van der Waals surface area contributed by atoms with Gasteiger partial charge < -0.3 is 15.0 Å². The Morgan fingerprint density at radius 2 is 2.00 bits per heavy atom. The van der Waals surface area contributed by atoms with E-state index >= 15 is 0 Å². The lowest BCUT2D eigenvalue weighted by molar-refractivity contribution is -0.125. The molecule has 0 unspecified atom stereocenters. The van der Waals surface area contributed by atoms with Crippen LogP contribution in [0.3, 0.4) is 0 Å². The number of ether oxygens (including phenoxy) is 1. The van der Waals surface area contributed by atoms with Gasteiger partial charge in [0.2, 0.25) is 5.91 Å². The molecule has 1 heterocycles. The Kier molecular flexibility index (Phi) is 4.61. The lowest BCUT2D eigenvalue weighted by Gasteiger charge is -2.31. The van der Waals surface area contributed by atoms with Crippen molar-refractivity contribution in [3.63, 3.8) is 0 Å². The molecule has 0 aliphatic carbocycles. The second-order valence-corrected chi connectivity index (χ2v) is 4.91. The van der Waals surface area contributed by atoms with Crippen LogP contribution >= 0.6 is 0 Å². The first-order chi connectivity index (χ1) is 9.65. The number of nitrogens with one attached hydrogen (secondary N) is 1. The maximum absolute atomic E-state index is 12.4. The summed E-state index contributed by atoms with van der Waals surface area (Å²) in [6, 6.07) is 7.15. The first-order valence-corrected chi connectivity index (χ1v) is 6.80. The Balaban J connectivity index is 1.99. The van der Waals surface area contributed by atoms with Gasteiger partial charge >= 0.3 is 0 Å². The number of rotatable bonds is 3. The van der Waals surface area contributed by atoms with E-state index < -0.39 is 0 Å². The number of methoxy groups -OCH3 is 1. The van der Waals surface area contributed by atoms with E-state index in [0.29, 0.717) is 24.4 Å². The minimum Gasteiger partial charge on any atom is -0.497 e. The van der Waals surface area contributed by atoms with Gasteiger partial charge in [0.25, 0.3) is 5.91 Å². The third-order valence-electron chi connectivity index (χ3n) is 3.72.